The van der Waals surface area contributed by atoms with Gasteiger partial charge < -0.3 is 15.7 Å². The number of carboxylic acid groups (broad SMARTS) is 1. The summed E-state index contributed by atoms with van der Waals surface area (Å²) in [6.45, 7) is 0.500. The molecule has 0 aromatic carbocycles. The summed E-state index contributed by atoms with van der Waals surface area (Å²) < 4.78 is 0. The molecule has 2 rings (SSSR count). The molecule has 1 aliphatic rings. The van der Waals surface area contributed by atoms with E-state index in [1.165, 1.54) is 11.3 Å². The molecule has 0 spiro atoms. The van der Waals surface area contributed by atoms with Crippen LogP contribution in [0.15, 0.2) is 10.9 Å². The molecule has 0 radical (unpaired) electrons. The van der Waals surface area contributed by atoms with Gasteiger partial charge in [0.2, 0.25) is 0 Å². The lowest BCUT2D eigenvalue weighted by Gasteiger charge is -2.16. The molecule has 0 bridgehead atoms. The van der Waals surface area contributed by atoms with E-state index in [9.17, 15) is 9.59 Å². The zero-order valence-electron chi connectivity index (χ0n) is 10.5. The average molecular weight is 283 g/mol. The van der Waals surface area contributed by atoms with Crippen LogP contribution in [0.25, 0.3) is 0 Å². The van der Waals surface area contributed by atoms with Crippen molar-refractivity contribution in [2.24, 2.45) is 5.92 Å². The van der Waals surface area contributed by atoms with Crippen LogP contribution in [0.4, 0.5) is 4.79 Å². The van der Waals surface area contributed by atoms with Crippen LogP contribution in [-0.2, 0) is 11.2 Å². The van der Waals surface area contributed by atoms with Crippen molar-refractivity contribution in [2.45, 2.75) is 31.7 Å². The minimum absolute atomic E-state index is 0.00975. The van der Waals surface area contributed by atoms with Gasteiger partial charge in [-0.2, -0.15) is 0 Å². The predicted molar refractivity (Wildman–Crippen MR) is 71.1 cm³/mol. The van der Waals surface area contributed by atoms with Crippen molar-refractivity contribution in [3.63, 3.8) is 0 Å². The van der Waals surface area contributed by atoms with Crippen molar-refractivity contribution in [1.29, 1.82) is 0 Å². The van der Waals surface area contributed by atoms with Gasteiger partial charge in [0.1, 0.15) is 0 Å². The van der Waals surface area contributed by atoms with E-state index in [2.05, 4.69) is 15.6 Å². The van der Waals surface area contributed by atoms with Gasteiger partial charge >= 0.3 is 12.0 Å². The van der Waals surface area contributed by atoms with Gasteiger partial charge in [0.25, 0.3) is 0 Å². The Bertz CT molecular complexity index is 431. The van der Waals surface area contributed by atoms with Crippen molar-refractivity contribution in [3.8, 4) is 0 Å². The zero-order chi connectivity index (χ0) is 13.7. The van der Waals surface area contributed by atoms with E-state index in [1.54, 1.807) is 5.51 Å². The minimum atomic E-state index is -0.875. The van der Waals surface area contributed by atoms with Crippen LogP contribution < -0.4 is 10.6 Å². The number of amides is 2. The quantitative estimate of drug-likeness (QED) is 0.702. The standard InChI is InChI=1S/C12H17N3O3S/c16-11(17)5-10(8-1-2-8)15-12(18)13-4-3-9-6-19-7-14-9/h6-8,10H,1-5H2,(H,16,17)(H2,13,15,18). The van der Waals surface area contributed by atoms with E-state index in [0.717, 1.165) is 18.5 Å². The number of nitrogens with zero attached hydrogens (tertiary/aromatic N) is 1. The predicted octanol–water partition coefficient (Wildman–Crippen LogP) is 1.24. The van der Waals surface area contributed by atoms with Crippen LogP contribution in [0.5, 0.6) is 0 Å². The SMILES string of the molecule is O=C(O)CC(NC(=O)NCCc1cscn1)C1CC1. The van der Waals surface area contributed by atoms with Crippen LogP contribution in [0, 0.1) is 5.92 Å². The molecule has 1 heterocycles. The summed E-state index contributed by atoms with van der Waals surface area (Å²) in [5.74, 6) is -0.555. The van der Waals surface area contributed by atoms with E-state index in [1.807, 2.05) is 5.38 Å². The maximum Gasteiger partial charge on any atom is 0.315 e. The molecule has 1 unspecified atom stereocenters. The van der Waals surface area contributed by atoms with Crippen LogP contribution in [0.2, 0.25) is 0 Å². The first-order chi connectivity index (χ1) is 9.15. The molecule has 1 atom stereocenters. The van der Waals surface area contributed by atoms with E-state index in [4.69, 9.17) is 5.11 Å². The second-order valence-electron chi connectivity index (χ2n) is 4.67. The molecule has 6 nitrogen and oxygen atoms in total. The minimum Gasteiger partial charge on any atom is -0.481 e. The van der Waals surface area contributed by atoms with Crippen molar-refractivity contribution in [3.05, 3.63) is 16.6 Å². The van der Waals surface area contributed by atoms with Gasteiger partial charge in [-0.25, -0.2) is 9.78 Å². The lowest BCUT2D eigenvalue weighted by Crippen LogP contribution is -2.44. The Hall–Kier alpha value is -1.63. The van der Waals surface area contributed by atoms with Crippen LogP contribution >= 0.6 is 11.3 Å². The molecule has 2 amide bonds. The molecule has 3 N–H and O–H groups in total. The van der Waals surface area contributed by atoms with Crippen LogP contribution in [0.1, 0.15) is 25.0 Å². The molecular formula is C12H17N3O3S. The third kappa shape index (κ3) is 4.86. The summed E-state index contributed by atoms with van der Waals surface area (Å²) in [6.07, 6.45) is 2.67. The third-order valence-corrected chi connectivity index (χ3v) is 3.69. The van der Waals surface area contributed by atoms with Gasteiger partial charge in [-0.15, -0.1) is 11.3 Å². The van der Waals surface area contributed by atoms with Crippen molar-refractivity contribution in [1.82, 2.24) is 15.6 Å². The first kappa shape index (κ1) is 13.8. The summed E-state index contributed by atoms with van der Waals surface area (Å²) in [4.78, 5) is 26.5. The number of hydrogen-bond donors (Lipinski definition) is 3. The number of thiazole rings is 1. The topological polar surface area (TPSA) is 91.3 Å². The Morgan fingerprint density at radius 2 is 2.32 bits per heavy atom. The summed E-state index contributed by atoms with van der Waals surface area (Å²) >= 11 is 1.52. The number of nitrogens with one attached hydrogen (secondary N) is 2. The first-order valence-electron chi connectivity index (χ1n) is 6.28. The Morgan fingerprint density at radius 1 is 1.53 bits per heavy atom. The first-order valence-corrected chi connectivity index (χ1v) is 7.22. The van der Waals surface area contributed by atoms with Gasteiger partial charge in [0.05, 0.1) is 17.6 Å². The largest absolute Gasteiger partial charge is 0.481 e. The van der Waals surface area contributed by atoms with Gasteiger partial charge in [0, 0.05) is 24.4 Å². The molecule has 19 heavy (non-hydrogen) atoms. The molecule has 0 aliphatic heterocycles. The molecule has 1 fully saturated rings. The Morgan fingerprint density at radius 3 is 2.89 bits per heavy atom. The van der Waals surface area contributed by atoms with Crippen molar-refractivity contribution >= 4 is 23.3 Å². The second-order valence-corrected chi connectivity index (χ2v) is 5.39. The molecule has 7 heteroatoms. The third-order valence-electron chi connectivity index (χ3n) is 3.05. The highest BCUT2D eigenvalue weighted by atomic mass is 32.1. The summed E-state index contributed by atoms with van der Waals surface area (Å²) in [5.41, 5.74) is 2.71. The number of carbonyl (C=O) groups is 2. The molecule has 0 saturated heterocycles. The van der Waals surface area contributed by atoms with E-state index < -0.39 is 5.97 Å². The second kappa shape index (κ2) is 6.51. The summed E-state index contributed by atoms with van der Waals surface area (Å²) in [5, 5.41) is 16.2. The number of rotatable bonds is 7. The lowest BCUT2D eigenvalue weighted by atomic mass is 10.1. The Labute approximate surface area is 115 Å². The smallest absolute Gasteiger partial charge is 0.315 e. The Balaban J connectivity index is 1.68. The van der Waals surface area contributed by atoms with E-state index >= 15 is 0 Å². The van der Waals surface area contributed by atoms with Gasteiger partial charge in [-0.05, 0) is 18.8 Å². The number of carbonyl (C=O) groups excluding carboxylic acids is 1. The number of aromatic nitrogens is 1. The molecule has 1 saturated carbocycles. The van der Waals surface area contributed by atoms with Gasteiger partial charge in [0.15, 0.2) is 0 Å². The zero-order valence-corrected chi connectivity index (χ0v) is 11.3. The highest BCUT2D eigenvalue weighted by Gasteiger charge is 2.33. The fraction of sp³-hybridized carbons (Fsp3) is 0.583. The van der Waals surface area contributed by atoms with Crippen LogP contribution in [-0.4, -0.2) is 34.7 Å². The number of aliphatic carboxylic acids is 1. The van der Waals surface area contributed by atoms with E-state index in [-0.39, 0.29) is 18.5 Å². The summed E-state index contributed by atoms with van der Waals surface area (Å²) in [6, 6.07) is -0.551. The molecule has 1 aromatic rings. The van der Waals surface area contributed by atoms with E-state index in [0.29, 0.717) is 18.9 Å². The fourth-order valence-electron chi connectivity index (χ4n) is 1.91. The molecular weight excluding hydrogens is 266 g/mol. The molecule has 1 aromatic heterocycles. The number of urea groups is 1. The summed E-state index contributed by atoms with van der Waals surface area (Å²) in [7, 11) is 0. The lowest BCUT2D eigenvalue weighted by molar-refractivity contribution is -0.137. The molecule has 104 valence electrons. The normalized spacial score (nSPS) is 15.8. The monoisotopic (exact) mass is 283 g/mol. The van der Waals surface area contributed by atoms with Gasteiger partial charge in [-0.1, -0.05) is 0 Å². The number of hydrogen-bond acceptors (Lipinski definition) is 4. The van der Waals surface area contributed by atoms with Crippen LogP contribution in [0.3, 0.4) is 0 Å². The average Bonchev–Trinajstić information content (AvgIpc) is 3.07. The maximum absolute atomic E-state index is 11.7. The van der Waals surface area contributed by atoms with Crippen molar-refractivity contribution < 1.29 is 14.7 Å². The Kier molecular flexibility index (Phi) is 4.73. The van der Waals surface area contributed by atoms with Gasteiger partial charge in [-0.3, -0.25) is 4.79 Å². The highest BCUT2D eigenvalue weighted by molar-refractivity contribution is 7.07. The molecule has 1 aliphatic carbocycles. The fourth-order valence-corrected chi connectivity index (χ4v) is 2.50. The highest BCUT2D eigenvalue weighted by Crippen LogP contribution is 2.33. The maximum atomic E-state index is 11.7. The van der Waals surface area contributed by atoms with Crippen molar-refractivity contribution in [2.75, 3.05) is 6.54 Å². The number of carboxylic acids is 1.